The van der Waals surface area contributed by atoms with Gasteiger partial charge in [0.1, 0.15) is 0 Å². The number of nitrogens with one attached hydrogen (secondary N) is 1. The summed E-state index contributed by atoms with van der Waals surface area (Å²) < 4.78 is 0. The Balaban J connectivity index is 2.96. The van der Waals surface area contributed by atoms with E-state index in [4.69, 9.17) is 5.73 Å². The molecule has 1 amide bonds. The molecule has 3 N–H and O–H groups in total. The quantitative estimate of drug-likeness (QED) is 0.767. The number of aryl methyl sites for hydroxylation is 1. The largest absolute Gasteiger partial charge is 0.368 e. The molecule has 0 aromatic heterocycles. The Morgan fingerprint density at radius 1 is 1.50 bits per heavy atom. The van der Waals surface area contributed by atoms with Crippen molar-refractivity contribution in [2.24, 2.45) is 5.73 Å². The van der Waals surface area contributed by atoms with Gasteiger partial charge in [-0.1, -0.05) is 17.7 Å². The first-order chi connectivity index (χ1) is 7.54. The SMILES string of the molecule is CNCc1cc(C)ccc1N(C)CC(N)=O. The van der Waals surface area contributed by atoms with E-state index in [0.717, 1.165) is 12.2 Å². The van der Waals surface area contributed by atoms with Gasteiger partial charge in [0, 0.05) is 19.3 Å². The van der Waals surface area contributed by atoms with Gasteiger partial charge in [0.25, 0.3) is 0 Å². The third-order valence-electron chi connectivity index (χ3n) is 2.41. The van der Waals surface area contributed by atoms with Crippen molar-refractivity contribution in [3.05, 3.63) is 29.3 Å². The van der Waals surface area contributed by atoms with E-state index in [0.29, 0.717) is 0 Å². The monoisotopic (exact) mass is 221 g/mol. The summed E-state index contributed by atoms with van der Waals surface area (Å²) in [5.41, 5.74) is 8.61. The average molecular weight is 221 g/mol. The second-order valence-electron chi connectivity index (χ2n) is 3.98. The van der Waals surface area contributed by atoms with Crippen LogP contribution in [-0.4, -0.2) is 26.5 Å². The number of primary amides is 1. The van der Waals surface area contributed by atoms with E-state index in [-0.39, 0.29) is 12.5 Å². The summed E-state index contributed by atoms with van der Waals surface area (Å²) >= 11 is 0. The summed E-state index contributed by atoms with van der Waals surface area (Å²) in [7, 11) is 3.77. The second-order valence-corrected chi connectivity index (χ2v) is 3.98. The number of nitrogens with two attached hydrogens (primary N) is 1. The molecule has 88 valence electrons. The molecule has 0 spiro atoms. The maximum atomic E-state index is 10.9. The van der Waals surface area contributed by atoms with Crippen molar-refractivity contribution in [3.8, 4) is 0 Å². The van der Waals surface area contributed by atoms with E-state index in [1.807, 2.05) is 31.1 Å². The highest BCUT2D eigenvalue weighted by Crippen LogP contribution is 2.20. The molecule has 0 aliphatic carbocycles. The number of benzene rings is 1. The first-order valence-electron chi connectivity index (χ1n) is 5.28. The molecule has 0 unspecified atom stereocenters. The van der Waals surface area contributed by atoms with Crippen LogP contribution in [0.1, 0.15) is 11.1 Å². The van der Waals surface area contributed by atoms with Crippen LogP contribution >= 0.6 is 0 Å². The first kappa shape index (κ1) is 12.5. The summed E-state index contributed by atoms with van der Waals surface area (Å²) in [6, 6.07) is 6.17. The molecule has 1 aromatic rings. The van der Waals surface area contributed by atoms with E-state index < -0.39 is 0 Å². The van der Waals surface area contributed by atoms with E-state index in [9.17, 15) is 4.79 Å². The Hall–Kier alpha value is -1.55. The summed E-state index contributed by atoms with van der Waals surface area (Å²) in [4.78, 5) is 12.8. The highest BCUT2D eigenvalue weighted by molar-refractivity contribution is 5.79. The van der Waals surface area contributed by atoms with Crippen LogP contribution in [0.2, 0.25) is 0 Å². The number of rotatable bonds is 5. The fraction of sp³-hybridized carbons (Fsp3) is 0.417. The molecule has 1 rings (SSSR count). The Labute approximate surface area is 96.4 Å². The zero-order valence-corrected chi connectivity index (χ0v) is 10.1. The van der Waals surface area contributed by atoms with E-state index in [1.54, 1.807) is 0 Å². The van der Waals surface area contributed by atoms with Crippen molar-refractivity contribution in [2.75, 3.05) is 25.5 Å². The lowest BCUT2D eigenvalue weighted by atomic mass is 10.1. The molecule has 0 saturated carbocycles. The van der Waals surface area contributed by atoms with Gasteiger partial charge in [0.2, 0.25) is 5.91 Å². The molecule has 4 heteroatoms. The highest BCUT2D eigenvalue weighted by Gasteiger charge is 2.09. The number of nitrogens with zero attached hydrogens (tertiary/aromatic N) is 1. The number of amides is 1. The van der Waals surface area contributed by atoms with Gasteiger partial charge in [0.05, 0.1) is 6.54 Å². The van der Waals surface area contributed by atoms with Crippen LogP contribution in [0.5, 0.6) is 0 Å². The Morgan fingerprint density at radius 3 is 2.75 bits per heavy atom. The third-order valence-corrected chi connectivity index (χ3v) is 2.41. The molecule has 16 heavy (non-hydrogen) atoms. The lowest BCUT2D eigenvalue weighted by Crippen LogP contribution is -2.31. The molecule has 0 bridgehead atoms. The molecule has 1 aromatic carbocycles. The van der Waals surface area contributed by atoms with Gasteiger partial charge < -0.3 is 16.0 Å². The van der Waals surface area contributed by atoms with Crippen molar-refractivity contribution in [1.29, 1.82) is 0 Å². The smallest absolute Gasteiger partial charge is 0.236 e. The van der Waals surface area contributed by atoms with Crippen LogP contribution in [0.3, 0.4) is 0 Å². The van der Waals surface area contributed by atoms with E-state index in [2.05, 4.69) is 18.3 Å². The van der Waals surface area contributed by atoms with Crippen molar-refractivity contribution >= 4 is 11.6 Å². The van der Waals surface area contributed by atoms with Gasteiger partial charge in [-0.25, -0.2) is 0 Å². The molecule has 0 atom stereocenters. The molecule has 4 nitrogen and oxygen atoms in total. The Kier molecular flexibility index (Phi) is 4.31. The molecule has 0 aliphatic rings. The number of hydrogen-bond acceptors (Lipinski definition) is 3. The minimum absolute atomic E-state index is 0.236. The maximum absolute atomic E-state index is 10.9. The van der Waals surface area contributed by atoms with Crippen LogP contribution < -0.4 is 16.0 Å². The molecule has 0 radical (unpaired) electrons. The summed E-state index contributed by atoms with van der Waals surface area (Å²) in [6.45, 7) is 3.07. The molecule has 0 heterocycles. The van der Waals surface area contributed by atoms with E-state index >= 15 is 0 Å². The van der Waals surface area contributed by atoms with Gasteiger partial charge in [-0.3, -0.25) is 4.79 Å². The standard InChI is InChI=1S/C12H19N3O/c1-9-4-5-11(10(6-9)7-14-2)15(3)8-12(13)16/h4-6,14H,7-8H2,1-3H3,(H2,13,16). The number of anilines is 1. The van der Waals surface area contributed by atoms with Crippen molar-refractivity contribution < 1.29 is 4.79 Å². The summed E-state index contributed by atoms with van der Waals surface area (Å²) in [5.74, 6) is -0.321. The zero-order chi connectivity index (χ0) is 12.1. The molecule has 0 aliphatic heterocycles. The van der Waals surface area contributed by atoms with Crippen LogP contribution in [-0.2, 0) is 11.3 Å². The average Bonchev–Trinajstić information content (AvgIpc) is 2.17. The molecule has 0 saturated heterocycles. The predicted octanol–water partition coefficient (Wildman–Crippen LogP) is 0.636. The lowest BCUT2D eigenvalue weighted by Gasteiger charge is -2.21. The van der Waals surface area contributed by atoms with Crippen LogP contribution in [0.4, 0.5) is 5.69 Å². The first-order valence-corrected chi connectivity index (χ1v) is 5.28. The molecular weight excluding hydrogens is 202 g/mol. The van der Waals surface area contributed by atoms with Gasteiger partial charge in [0.15, 0.2) is 0 Å². The fourth-order valence-electron chi connectivity index (χ4n) is 1.74. The number of carbonyl (C=O) groups excluding carboxylic acids is 1. The van der Waals surface area contributed by atoms with Gasteiger partial charge in [-0.2, -0.15) is 0 Å². The molecular formula is C12H19N3O. The van der Waals surface area contributed by atoms with Gasteiger partial charge in [-0.15, -0.1) is 0 Å². The topological polar surface area (TPSA) is 58.4 Å². The maximum Gasteiger partial charge on any atom is 0.236 e. The molecule has 0 fully saturated rings. The highest BCUT2D eigenvalue weighted by atomic mass is 16.1. The van der Waals surface area contributed by atoms with Gasteiger partial charge >= 0.3 is 0 Å². The van der Waals surface area contributed by atoms with Crippen molar-refractivity contribution in [2.45, 2.75) is 13.5 Å². The zero-order valence-electron chi connectivity index (χ0n) is 10.1. The van der Waals surface area contributed by atoms with Crippen LogP contribution in [0.25, 0.3) is 0 Å². The number of carbonyl (C=O) groups is 1. The van der Waals surface area contributed by atoms with Crippen molar-refractivity contribution in [3.63, 3.8) is 0 Å². The van der Waals surface area contributed by atoms with Crippen LogP contribution in [0, 0.1) is 6.92 Å². The summed E-state index contributed by atoms with van der Waals surface area (Å²) in [5, 5.41) is 3.12. The predicted molar refractivity (Wildman–Crippen MR) is 66.4 cm³/mol. The number of likely N-dealkylation sites (N-methyl/N-ethyl adjacent to an activating group) is 1. The lowest BCUT2D eigenvalue weighted by molar-refractivity contribution is -0.116. The Morgan fingerprint density at radius 2 is 2.19 bits per heavy atom. The van der Waals surface area contributed by atoms with Crippen LogP contribution in [0.15, 0.2) is 18.2 Å². The van der Waals surface area contributed by atoms with Crippen molar-refractivity contribution in [1.82, 2.24) is 5.32 Å². The third kappa shape index (κ3) is 3.24. The van der Waals surface area contributed by atoms with Gasteiger partial charge in [-0.05, 0) is 25.6 Å². The Bertz CT molecular complexity index is 377. The fourth-order valence-corrected chi connectivity index (χ4v) is 1.74. The normalized spacial score (nSPS) is 10.2. The second kappa shape index (κ2) is 5.51. The summed E-state index contributed by atoms with van der Waals surface area (Å²) in [6.07, 6.45) is 0. The number of hydrogen-bond donors (Lipinski definition) is 2. The van der Waals surface area contributed by atoms with E-state index in [1.165, 1.54) is 11.1 Å². The minimum atomic E-state index is -0.321. The minimum Gasteiger partial charge on any atom is -0.368 e.